The number of fused-ring (bicyclic) bond motifs is 2. The number of aromatic amines is 1. The molecule has 0 spiro atoms. The zero-order valence-electron chi connectivity index (χ0n) is 10.6. The molecule has 4 aromatic rings. The minimum atomic E-state index is 0.484. The van der Waals surface area contributed by atoms with E-state index < -0.39 is 0 Å². The Kier molecular flexibility index (Phi) is 2.31. The number of aryl methyl sites for hydroxylation is 1. The Morgan fingerprint density at radius 1 is 1.20 bits per heavy atom. The molecule has 0 saturated carbocycles. The van der Waals surface area contributed by atoms with Crippen LogP contribution < -0.4 is 0 Å². The first kappa shape index (κ1) is 11.4. The summed E-state index contributed by atoms with van der Waals surface area (Å²) in [7, 11) is 1.88. The van der Waals surface area contributed by atoms with E-state index in [1.54, 1.807) is 10.7 Å². The van der Waals surface area contributed by atoms with E-state index >= 15 is 0 Å². The highest BCUT2D eigenvalue weighted by atomic mass is 35.5. The van der Waals surface area contributed by atoms with Crippen molar-refractivity contribution < 1.29 is 0 Å². The van der Waals surface area contributed by atoms with Crippen LogP contribution >= 0.6 is 11.6 Å². The van der Waals surface area contributed by atoms with Crippen molar-refractivity contribution in [3.8, 4) is 11.1 Å². The predicted octanol–water partition coefficient (Wildman–Crippen LogP) is 3.17. The van der Waals surface area contributed by atoms with Crippen molar-refractivity contribution in [2.45, 2.75) is 0 Å². The number of aromatic nitrogens is 5. The number of nitrogens with one attached hydrogen (secondary N) is 1. The Bertz CT molecular complexity index is 937. The van der Waals surface area contributed by atoms with Gasteiger partial charge in [0.25, 0.3) is 0 Å². The summed E-state index contributed by atoms with van der Waals surface area (Å²) >= 11 is 5.91. The molecular weight excluding hydrogens is 274 g/mol. The Hall–Kier alpha value is -2.40. The third-order valence-corrected chi connectivity index (χ3v) is 3.64. The molecule has 3 aromatic heterocycles. The molecule has 1 N–H and O–H groups in total. The maximum absolute atomic E-state index is 5.91. The highest BCUT2D eigenvalue weighted by Gasteiger charge is 2.09. The lowest BCUT2D eigenvalue weighted by atomic mass is 10.1. The van der Waals surface area contributed by atoms with Crippen LogP contribution in [0.1, 0.15) is 0 Å². The van der Waals surface area contributed by atoms with Crippen LogP contribution in [0.4, 0.5) is 0 Å². The van der Waals surface area contributed by atoms with Crippen molar-refractivity contribution in [1.29, 1.82) is 0 Å². The lowest BCUT2D eigenvalue weighted by Gasteiger charge is -2.00. The van der Waals surface area contributed by atoms with E-state index in [1.165, 1.54) is 0 Å². The van der Waals surface area contributed by atoms with Crippen LogP contribution in [0.25, 0.3) is 33.2 Å². The van der Waals surface area contributed by atoms with Gasteiger partial charge in [0.05, 0.1) is 5.52 Å². The fourth-order valence-electron chi connectivity index (χ4n) is 2.42. The maximum atomic E-state index is 5.91. The fraction of sp³-hybridized carbons (Fsp3) is 0.0714. The molecule has 20 heavy (non-hydrogen) atoms. The highest BCUT2D eigenvalue weighted by molar-refractivity contribution is 6.29. The average Bonchev–Trinajstić information content (AvgIpc) is 3.02. The normalized spacial score (nSPS) is 11.5. The molecule has 98 valence electrons. The third kappa shape index (κ3) is 1.60. The van der Waals surface area contributed by atoms with Gasteiger partial charge in [-0.1, -0.05) is 22.9 Å². The molecule has 0 amide bonds. The molecule has 0 radical (unpaired) electrons. The second-order valence-corrected chi connectivity index (χ2v) is 5.04. The van der Waals surface area contributed by atoms with E-state index in [9.17, 15) is 0 Å². The van der Waals surface area contributed by atoms with Crippen molar-refractivity contribution >= 4 is 33.7 Å². The maximum Gasteiger partial charge on any atom is 0.139 e. The number of rotatable bonds is 1. The van der Waals surface area contributed by atoms with Gasteiger partial charge < -0.3 is 4.98 Å². The van der Waals surface area contributed by atoms with Gasteiger partial charge in [-0.3, -0.25) is 0 Å². The van der Waals surface area contributed by atoms with E-state index in [4.69, 9.17) is 11.6 Å². The molecule has 0 atom stereocenters. The zero-order valence-corrected chi connectivity index (χ0v) is 11.4. The van der Waals surface area contributed by atoms with E-state index in [2.05, 4.69) is 26.3 Å². The van der Waals surface area contributed by atoms with E-state index in [-0.39, 0.29) is 0 Å². The van der Waals surface area contributed by atoms with E-state index in [0.717, 1.165) is 33.2 Å². The predicted molar refractivity (Wildman–Crippen MR) is 78.6 cm³/mol. The van der Waals surface area contributed by atoms with Gasteiger partial charge in [0.1, 0.15) is 16.3 Å². The molecule has 0 bridgehead atoms. The van der Waals surface area contributed by atoms with Gasteiger partial charge in [-0.25, -0.2) is 9.67 Å². The fourth-order valence-corrected chi connectivity index (χ4v) is 2.57. The Morgan fingerprint density at radius 2 is 2.10 bits per heavy atom. The highest BCUT2D eigenvalue weighted by Crippen LogP contribution is 2.30. The minimum Gasteiger partial charge on any atom is -0.345 e. The minimum absolute atomic E-state index is 0.484. The average molecular weight is 284 g/mol. The Labute approximate surface area is 119 Å². The summed E-state index contributed by atoms with van der Waals surface area (Å²) in [4.78, 5) is 7.42. The topological polar surface area (TPSA) is 59.4 Å². The number of pyridine rings is 1. The zero-order chi connectivity index (χ0) is 13.7. The second kappa shape index (κ2) is 4.05. The first-order valence-corrected chi connectivity index (χ1v) is 6.53. The monoisotopic (exact) mass is 283 g/mol. The third-order valence-electron chi connectivity index (χ3n) is 3.43. The SMILES string of the molecule is Cn1nnc2ccc(-c3c[nH]c4nc(Cl)ccc34)cc21. The van der Waals surface area contributed by atoms with Crippen LogP contribution in [0, 0.1) is 0 Å². The van der Waals surface area contributed by atoms with Crippen LogP contribution in [0.5, 0.6) is 0 Å². The number of H-pyrrole nitrogens is 1. The Balaban J connectivity index is 1.98. The van der Waals surface area contributed by atoms with Gasteiger partial charge in [-0.05, 0) is 29.8 Å². The van der Waals surface area contributed by atoms with Crippen LogP contribution in [-0.4, -0.2) is 25.0 Å². The van der Waals surface area contributed by atoms with Crippen LogP contribution in [0.3, 0.4) is 0 Å². The summed E-state index contributed by atoms with van der Waals surface area (Å²) in [6.07, 6.45) is 1.94. The summed E-state index contributed by atoms with van der Waals surface area (Å²) in [5, 5.41) is 9.64. The lowest BCUT2D eigenvalue weighted by molar-refractivity contribution is 0.736. The van der Waals surface area contributed by atoms with Crippen LogP contribution in [-0.2, 0) is 7.05 Å². The van der Waals surface area contributed by atoms with Crippen molar-refractivity contribution in [3.05, 3.63) is 41.7 Å². The lowest BCUT2D eigenvalue weighted by Crippen LogP contribution is -1.89. The van der Waals surface area contributed by atoms with Crippen LogP contribution in [0.15, 0.2) is 36.5 Å². The molecular formula is C14H10ClN5. The largest absolute Gasteiger partial charge is 0.345 e. The van der Waals surface area contributed by atoms with Gasteiger partial charge in [-0.2, -0.15) is 0 Å². The summed E-state index contributed by atoms with van der Waals surface area (Å²) in [6, 6.07) is 9.86. The van der Waals surface area contributed by atoms with E-state index in [1.807, 2.05) is 31.4 Å². The first-order chi connectivity index (χ1) is 9.72. The van der Waals surface area contributed by atoms with Gasteiger partial charge in [0.15, 0.2) is 0 Å². The molecule has 0 aliphatic heterocycles. The molecule has 3 heterocycles. The van der Waals surface area contributed by atoms with Crippen molar-refractivity contribution in [2.24, 2.45) is 7.05 Å². The molecule has 5 nitrogen and oxygen atoms in total. The summed E-state index contributed by atoms with van der Waals surface area (Å²) in [5.74, 6) is 0. The molecule has 0 aliphatic rings. The second-order valence-electron chi connectivity index (χ2n) is 4.65. The summed E-state index contributed by atoms with van der Waals surface area (Å²) < 4.78 is 1.77. The van der Waals surface area contributed by atoms with Gasteiger partial charge in [0.2, 0.25) is 0 Å². The quantitative estimate of drug-likeness (QED) is 0.546. The molecule has 0 fully saturated rings. The van der Waals surface area contributed by atoms with Gasteiger partial charge >= 0.3 is 0 Å². The van der Waals surface area contributed by atoms with Crippen LogP contribution in [0.2, 0.25) is 5.15 Å². The number of hydrogen-bond acceptors (Lipinski definition) is 3. The standard InChI is InChI=1S/C14H10ClN5/c1-20-12-6-8(2-4-11(12)18-19-20)10-7-16-14-9(10)3-5-13(15)17-14/h2-7H,1H3,(H,16,17). The van der Waals surface area contributed by atoms with Crippen molar-refractivity contribution in [3.63, 3.8) is 0 Å². The molecule has 4 rings (SSSR count). The molecule has 1 aromatic carbocycles. The van der Waals surface area contributed by atoms with Crippen molar-refractivity contribution in [1.82, 2.24) is 25.0 Å². The number of benzene rings is 1. The number of hydrogen-bond donors (Lipinski definition) is 1. The summed E-state index contributed by atoms with van der Waals surface area (Å²) in [6.45, 7) is 0. The van der Waals surface area contributed by atoms with E-state index in [0.29, 0.717) is 5.15 Å². The van der Waals surface area contributed by atoms with Gasteiger partial charge in [-0.15, -0.1) is 5.10 Å². The first-order valence-electron chi connectivity index (χ1n) is 6.16. The number of nitrogens with zero attached hydrogens (tertiary/aromatic N) is 4. The summed E-state index contributed by atoms with van der Waals surface area (Å²) in [5.41, 5.74) is 4.86. The Morgan fingerprint density at radius 3 is 3.00 bits per heavy atom. The number of halogens is 1. The van der Waals surface area contributed by atoms with Crippen molar-refractivity contribution in [2.75, 3.05) is 0 Å². The molecule has 0 aliphatic carbocycles. The smallest absolute Gasteiger partial charge is 0.139 e. The molecule has 0 unspecified atom stereocenters. The molecule has 0 saturated heterocycles. The van der Waals surface area contributed by atoms with Gasteiger partial charge in [0, 0.05) is 24.2 Å². The molecule has 6 heteroatoms.